The second kappa shape index (κ2) is 10.3. The van der Waals surface area contributed by atoms with Gasteiger partial charge in [0.25, 0.3) is 5.97 Å². The van der Waals surface area contributed by atoms with Crippen LogP contribution in [0.15, 0.2) is 12.7 Å². The molecule has 0 radical (unpaired) electrons. The minimum Gasteiger partial charge on any atom is -0.543 e. The number of carbonyl (C=O) groups excluding carboxylic acids is 1. The van der Waals surface area contributed by atoms with Gasteiger partial charge in [-0.15, -0.1) is 6.58 Å². The predicted octanol–water partition coefficient (Wildman–Crippen LogP) is -0.653. The molecule has 0 aromatic rings. The third kappa shape index (κ3) is 7.53. The Morgan fingerprint density at radius 3 is 2.09 bits per heavy atom. The number of hydrogen-bond donors (Lipinski definition) is 2. The number of carboxylic acids is 2. The smallest absolute Gasteiger partial charge is 0.300 e. The van der Waals surface area contributed by atoms with Crippen molar-refractivity contribution < 1.29 is 24.3 Å². The Labute approximate surface area is 133 Å². The Morgan fingerprint density at radius 1 is 1.36 bits per heavy atom. The Hall–Kier alpha value is -1.44. The number of nitrogens with one attached hydrogen (secondary N) is 1. The topological polar surface area (TPSA) is 92.7 Å². The molecule has 0 bridgehead atoms. The van der Waals surface area contributed by atoms with Crippen LogP contribution in [0.4, 0.5) is 0 Å². The molecule has 0 aliphatic rings. The molecular weight excluding hydrogens is 286 g/mol. The highest BCUT2D eigenvalue weighted by molar-refractivity contribution is 5.74. The third-order valence-corrected chi connectivity index (χ3v) is 3.34. The fraction of sp³-hybridized carbons (Fsp3) is 0.733. The van der Waals surface area contributed by atoms with E-state index in [9.17, 15) is 9.90 Å². The first-order valence-corrected chi connectivity index (χ1v) is 7.15. The zero-order valence-corrected chi connectivity index (χ0v) is 14.7. The first-order valence-electron chi connectivity index (χ1n) is 7.15. The number of carboxylic acid groups (broad SMARTS) is 2. The van der Waals surface area contributed by atoms with Gasteiger partial charge in [-0.05, 0) is 27.1 Å². The number of aliphatic carboxylic acids is 2. The molecule has 0 aromatic carbocycles. The SMILES string of the molecule is C=CCNCCCC(C(=O)[O-])(N(C)C)[N+](C)(C)C.CC(=O)O. The van der Waals surface area contributed by atoms with Gasteiger partial charge < -0.3 is 24.8 Å². The average Bonchev–Trinajstić information content (AvgIpc) is 2.30. The first kappa shape index (κ1) is 22.8. The summed E-state index contributed by atoms with van der Waals surface area (Å²) in [5.41, 5.74) is -1.00. The Morgan fingerprint density at radius 2 is 1.82 bits per heavy atom. The van der Waals surface area contributed by atoms with Crippen molar-refractivity contribution in [2.75, 3.05) is 48.3 Å². The monoisotopic (exact) mass is 317 g/mol. The van der Waals surface area contributed by atoms with E-state index >= 15 is 0 Å². The molecule has 0 fully saturated rings. The maximum atomic E-state index is 11.6. The van der Waals surface area contributed by atoms with E-state index in [0.717, 1.165) is 26.4 Å². The van der Waals surface area contributed by atoms with Crippen molar-refractivity contribution in [1.82, 2.24) is 10.2 Å². The molecule has 2 N–H and O–H groups in total. The van der Waals surface area contributed by atoms with E-state index in [4.69, 9.17) is 9.90 Å². The molecule has 0 rings (SSSR count). The third-order valence-electron chi connectivity index (χ3n) is 3.34. The van der Waals surface area contributed by atoms with Crippen molar-refractivity contribution in [2.45, 2.75) is 25.4 Å². The quantitative estimate of drug-likeness (QED) is 0.254. The zero-order valence-electron chi connectivity index (χ0n) is 14.7. The molecule has 0 amide bonds. The number of carbonyl (C=O) groups is 2. The van der Waals surface area contributed by atoms with Gasteiger partial charge in [-0.3, -0.25) is 9.69 Å². The summed E-state index contributed by atoms with van der Waals surface area (Å²) in [5, 5.41) is 22.2. The number of likely N-dealkylation sites (N-methyl/N-ethyl adjacent to an activating group) is 2. The standard InChI is InChI=1S/C13H27N3O2.C2H4O2/c1-7-10-14-11-8-9-13(12(17)18,15(2)3)16(4,5)6;1-2(3)4/h7,14H,1,8-11H2,2-6H3;1H3,(H,3,4). The van der Waals surface area contributed by atoms with Gasteiger partial charge >= 0.3 is 0 Å². The second-order valence-electron chi connectivity index (χ2n) is 6.13. The maximum absolute atomic E-state index is 11.6. The lowest BCUT2D eigenvalue weighted by Crippen LogP contribution is -2.72. The number of nitrogens with zero attached hydrogens (tertiary/aromatic N) is 2. The molecule has 0 aliphatic carbocycles. The van der Waals surface area contributed by atoms with E-state index in [0.29, 0.717) is 10.9 Å². The highest BCUT2D eigenvalue weighted by Crippen LogP contribution is 2.26. The van der Waals surface area contributed by atoms with Gasteiger partial charge in [-0.25, -0.2) is 0 Å². The van der Waals surface area contributed by atoms with Crippen LogP contribution >= 0.6 is 0 Å². The molecular formula is C15H31N3O4. The normalized spacial score (nSPS) is 13.8. The van der Waals surface area contributed by atoms with E-state index in [-0.39, 0.29) is 0 Å². The summed E-state index contributed by atoms with van der Waals surface area (Å²) in [4.78, 5) is 22.4. The van der Waals surface area contributed by atoms with Crippen LogP contribution in [0.2, 0.25) is 0 Å². The largest absolute Gasteiger partial charge is 0.543 e. The summed E-state index contributed by atoms with van der Waals surface area (Å²) in [7, 11) is 9.22. The molecule has 0 aliphatic heterocycles. The van der Waals surface area contributed by atoms with E-state index in [2.05, 4.69) is 11.9 Å². The average molecular weight is 317 g/mol. The van der Waals surface area contributed by atoms with Gasteiger partial charge in [-0.1, -0.05) is 6.08 Å². The second-order valence-corrected chi connectivity index (χ2v) is 6.13. The molecule has 1 unspecified atom stereocenters. The first-order chi connectivity index (χ1) is 9.93. The summed E-state index contributed by atoms with van der Waals surface area (Å²) in [6.45, 7) is 6.22. The van der Waals surface area contributed by atoms with Crippen LogP contribution in [-0.2, 0) is 9.59 Å². The lowest BCUT2D eigenvalue weighted by molar-refractivity contribution is -0.929. The summed E-state index contributed by atoms with van der Waals surface area (Å²) >= 11 is 0. The van der Waals surface area contributed by atoms with Crippen molar-refractivity contribution in [3.05, 3.63) is 12.7 Å². The van der Waals surface area contributed by atoms with Crippen LogP contribution in [0.5, 0.6) is 0 Å². The van der Waals surface area contributed by atoms with Gasteiger partial charge in [0.15, 0.2) is 5.66 Å². The predicted molar refractivity (Wildman–Crippen MR) is 85.1 cm³/mol. The molecule has 0 aromatic heterocycles. The number of quaternary nitrogens is 1. The Kier molecular flexibility index (Phi) is 10.7. The number of rotatable bonds is 9. The van der Waals surface area contributed by atoms with Crippen LogP contribution in [0.3, 0.4) is 0 Å². The highest BCUT2D eigenvalue weighted by atomic mass is 16.4. The molecule has 0 saturated heterocycles. The lowest BCUT2D eigenvalue weighted by Gasteiger charge is -2.50. The lowest BCUT2D eigenvalue weighted by atomic mass is 9.98. The number of hydrogen-bond acceptors (Lipinski definition) is 5. The highest BCUT2D eigenvalue weighted by Gasteiger charge is 2.46. The molecule has 7 heteroatoms. The summed E-state index contributed by atoms with van der Waals surface area (Å²) in [5.74, 6) is -1.86. The van der Waals surface area contributed by atoms with Crippen LogP contribution in [0.1, 0.15) is 19.8 Å². The van der Waals surface area contributed by atoms with Gasteiger partial charge in [0.2, 0.25) is 0 Å². The van der Waals surface area contributed by atoms with Crippen molar-refractivity contribution >= 4 is 11.9 Å². The molecule has 22 heavy (non-hydrogen) atoms. The molecule has 0 heterocycles. The van der Waals surface area contributed by atoms with Crippen molar-refractivity contribution in [2.24, 2.45) is 0 Å². The van der Waals surface area contributed by atoms with Crippen LogP contribution in [0.25, 0.3) is 0 Å². The fourth-order valence-corrected chi connectivity index (χ4v) is 2.38. The molecule has 0 spiro atoms. The van der Waals surface area contributed by atoms with E-state index in [1.807, 2.05) is 21.1 Å². The van der Waals surface area contributed by atoms with Crippen LogP contribution < -0.4 is 10.4 Å². The van der Waals surface area contributed by atoms with Crippen molar-refractivity contribution in [1.29, 1.82) is 0 Å². The van der Waals surface area contributed by atoms with Gasteiger partial charge in [0.1, 0.15) is 5.97 Å². The maximum Gasteiger partial charge on any atom is 0.300 e. The van der Waals surface area contributed by atoms with Crippen molar-refractivity contribution in [3.8, 4) is 0 Å². The van der Waals surface area contributed by atoms with Gasteiger partial charge in [-0.2, -0.15) is 0 Å². The van der Waals surface area contributed by atoms with Crippen molar-refractivity contribution in [3.63, 3.8) is 0 Å². The van der Waals surface area contributed by atoms with E-state index in [1.54, 1.807) is 25.1 Å². The van der Waals surface area contributed by atoms with E-state index < -0.39 is 17.6 Å². The van der Waals surface area contributed by atoms with Crippen LogP contribution in [0, 0.1) is 0 Å². The molecule has 0 saturated carbocycles. The van der Waals surface area contributed by atoms with Crippen LogP contribution in [-0.4, -0.2) is 80.4 Å². The summed E-state index contributed by atoms with van der Waals surface area (Å²) in [6, 6.07) is 0. The van der Waals surface area contributed by atoms with E-state index in [1.165, 1.54) is 0 Å². The van der Waals surface area contributed by atoms with Gasteiger partial charge in [0.05, 0.1) is 21.1 Å². The molecule has 7 nitrogen and oxygen atoms in total. The Balaban J connectivity index is 0. The fourth-order valence-electron chi connectivity index (χ4n) is 2.38. The van der Waals surface area contributed by atoms with Gasteiger partial charge in [0, 0.05) is 19.9 Å². The minimum atomic E-state index is -1.02. The Bertz CT molecular complexity index is 360. The zero-order chi connectivity index (χ0) is 18.0. The summed E-state index contributed by atoms with van der Waals surface area (Å²) in [6.07, 6.45) is 3.10. The molecule has 1 atom stereocenters. The minimum absolute atomic E-state index is 0.309. The molecule has 130 valence electrons. The summed E-state index contributed by atoms with van der Waals surface area (Å²) < 4.78 is 0.309.